The number of rotatable bonds is 3. The first kappa shape index (κ1) is 12.7. The van der Waals surface area contributed by atoms with Crippen LogP contribution in [0.25, 0.3) is 0 Å². The molecule has 3 fully saturated rings. The maximum Gasteiger partial charge on any atom is 0.260 e. The van der Waals surface area contributed by atoms with Crippen molar-refractivity contribution in [2.24, 2.45) is 0 Å². The number of nitrogens with zero attached hydrogens (tertiary/aromatic N) is 2. The van der Waals surface area contributed by atoms with Crippen LogP contribution in [0, 0.1) is 0 Å². The fourth-order valence-electron chi connectivity index (χ4n) is 3.25. The zero-order valence-corrected chi connectivity index (χ0v) is 12.2. The van der Waals surface area contributed by atoms with Gasteiger partial charge in [0.2, 0.25) is 5.91 Å². The minimum Gasteiger partial charge on any atom is -0.328 e. The number of fused-ring (bicyclic) bond motifs is 2. The fraction of sp³-hybridized carbons (Fsp3) is 0.833. The van der Waals surface area contributed by atoms with Gasteiger partial charge in [-0.1, -0.05) is 28.5 Å². The van der Waals surface area contributed by atoms with Gasteiger partial charge in [-0.3, -0.25) is 9.59 Å². The molecule has 0 unspecified atom stereocenters. The monoisotopic (exact) mass is 286 g/mol. The molecule has 0 N–H and O–H groups in total. The Bertz CT molecular complexity index is 390. The van der Waals surface area contributed by atoms with E-state index in [9.17, 15) is 9.59 Å². The largest absolute Gasteiger partial charge is 0.328 e. The molecule has 2 amide bonds. The topological polar surface area (TPSA) is 40.6 Å². The molecule has 0 aromatic rings. The van der Waals surface area contributed by atoms with Crippen molar-refractivity contribution >= 4 is 33.4 Å². The molecule has 3 aliphatic heterocycles. The number of piperazine rings is 1. The molecule has 3 heterocycles. The molecule has 0 aliphatic carbocycles. The number of carbonyl (C=O) groups is 2. The molecule has 2 atom stereocenters. The van der Waals surface area contributed by atoms with E-state index in [1.54, 1.807) is 21.6 Å². The van der Waals surface area contributed by atoms with Gasteiger partial charge in [0, 0.05) is 18.8 Å². The highest BCUT2D eigenvalue weighted by molar-refractivity contribution is 8.77. The minimum absolute atomic E-state index is 0.157. The van der Waals surface area contributed by atoms with Crippen molar-refractivity contribution in [2.45, 2.75) is 43.5 Å². The predicted octanol–water partition coefficient (Wildman–Crippen LogP) is 1.71. The van der Waals surface area contributed by atoms with Crippen molar-refractivity contribution in [1.29, 1.82) is 0 Å². The van der Waals surface area contributed by atoms with Crippen molar-refractivity contribution in [3.8, 4) is 0 Å². The summed E-state index contributed by atoms with van der Waals surface area (Å²) in [6.45, 7) is 3.61. The molecule has 0 spiro atoms. The van der Waals surface area contributed by atoms with Gasteiger partial charge in [-0.25, -0.2) is 0 Å². The highest BCUT2D eigenvalue weighted by Crippen LogP contribution is 2.50. The molecule has 0 aromatic carbocycles. The Morgan fingerprint density at radius 3 is 2.94 bits per heavy atom. The van der Waals surface area contributed by atoms with Crippen LogP contribution >= 0.6 is 21.6 Å². The summed E-state index contributed by atoms with van der Waals surface area (Å²) >= 11 is 0. The fourth-order valence-corrected chi connectivity index (χ4v) is 5.92. The molecule has 0 saturated carbocycles. The van der Waals surface area contributed by atoms with E-state index in [2.05, 4.69) is 6.92 Å². The summed E-state index contributed by atoms with van der Waals surface area (Å²) in [7, 11) is 3.30. The van der Waals surface area contributed by atoms with Gasteiger partial charge in [-0.2, -0.15) is 0 Å². The molecule has 3 saturated heterocycles. The summed E-state index contributed by atoms with van der Waals surface area (Å²) in [6, 6.07) is -0.157. The summed E-state index contributed by atoms with van der Waals surface area (Å²) in [5.74, 6) is 1.34. The van der Waals surface area contributed by atoms with Crippen LogP contribution in [0.5, 0.6) is 0 Å². The summed E-state index contributed by atoms with van der Waals surface area (Å²) < 4.78 is 0. The van der Waals surface area contributed by atoms with Gasteiger partial charge in [0.15, 0.2) is 4.87 Å². The minimum atomic E-state index is -0.585. The highest BCUT2D eigenvalue weighted by atomic mass is 33.1. The van der Waals surface area contributed by atoms with Crippen LogP contribution < -0.4 is 0 Å². The predicted molar refractivity (Wildman–Crippen MR) is 74.1 cm³/mol. The molecule has 18 heavy (non-hydrogen) atoms. The summed E-state index contributed by atoms with van der Waals surface area (Å²) in [5, 5.41) is 0. The van der Waals surface area contributed by atoms with Gasteiger partial charge in [0.05, 0.1) is 0 Å². The van der Waals surface area contributed by atoms with E-state index in [-0.39, 0.29) is 17.9 Å². The zero-order valence-electron chi connectivity index (χ0n) is 10.6. The van der Waals surface area contributed by atoms with Crippen molar-refractivity contribution in [3.63, 3.8) is 0 Å². The van der Waals surface area contributed by atoms with Crippen molar-refractivity contribution in [2.75, 3.05) is 18.8 Å². The van der Waals surface area contributed by atoms with E-state index >= 15 is 0 Å². The van der Waals surface area contributed by atoms with Crippen LogP contribution in [0.1, 0.15) is 32.6 Å². The van der Waals surface area contributed by atoms with E-state index in [1.165, 1.54) is 0 Å². The first-order chi connectivity index (χ1) is 8.70. The average molecular weight is 286 g/mol. The molecule has 3 rings (SSSR count). The second kappa shape index (κ2) is 4.63. The van der Waals surface area contributed by atoms with Gasteiger partial charge < -0.3 is 9.80 Å². The third-order valence-electron chi connectivity index (χ3n) is 4.05. The van der Waals surface area contributed by atoms with Gasteiger partial charge >= 0.3 is 0 Å². The van der Waals surface area contributed by atoms with Gasteiger partial charge in [0.25, 0.3) is 5.91 Å². The van der Waals surface area contributed by atoms with E-state index < -0.39 is 4.87 Å². The van der Waals surface area contributed by atoms with E-state index in [4.69, 9.17) is 0 Å². The van der Waals surface area contributed by atoms with Crippen LogP contribution in [0.4, 0.5) is 0 Å². The Balaban J connectivity index is 1.94. The highest BCUT2D eigenvalue weighted by Gasteiger charge is 2.59. The Hall–Kier alpha value is -0.360. The molecule has 100 valence electrons. The van der Waals surface area contributed by atoms with Crippen LogP contribution in [0.15, 0.2) is 0 Å². The van der Waals surface area contributed by atoms with Crippen molar-refractivity contribution in [1.82, 2.24) is 9.80 Å². The van der Waals surface area contributed by atoms with Gasteiger partial charge in [0.1, 0.15) is 6.04 Å². The van der Waals surface area contributed by atoms with Gasteiger partial charge in [-0.05, 0) is 25.7 Å². The summed E-state index contributed by atoms with van der Waals surface area (Å²) in [5.41, 5.74) is 0. The SMILES string of the molecule is CCSS[C@]12CCCN1C(=O)[C@@H]1CCCN1C2=O. The van der Waals surface area contributed by atoms with Crippen molar-refractivity contribution < 1.29 is 9.59 Å². The van der Waals surface area contributed by atoms with Crippen LogP contribution in [-0.2, 0) is 9.59 Å². The van der Waals surface area contributed by atoms with Gasteiger partial charge in [-0.15, -0.1) is 0 Å². The third-order valence-corrected chi connectivity index (χ3v) is 7.16. The number of hydrogen-bond acceptors (Lipinski definition) is 4. The summed E-state index contributed by atoms with van der Waals surface area (Å²) in [6.07, 6.45) is 3.59. The second-order valence-electron chi connectivity index (χ2n) is 5.02. The molecule has 0 radical (unpaired) electrons. The zero-order chi connectivity index (χ0) is 12.8. The van der Waals surface area contributed by atoms with E-state index in [1.807, 2.05) is 9.80 Å². The van der Waals surface area contributed by atoms with Crippen LogP contribution in [-0.4, -0.2) is 51.4 Å². The first-order valence-corrected chi connectivity index (χ1v) is 8.96. The Morgan fingerprint density at radius 1 is 1.33 bits per heavy atom. The van der Waals surface area contributed by atoms with E-state index in [0.717, 1.165) is 44.5 Å². The number of amides is 2. The third kappa shape index (κ3) is 1.61. The Morgan fingerprint density at radius 2 is 2.17 bits per heavy atom. The lowest BCUT2D eigenvalue weighted by atomic mass is 10.1. The van der Waals surface area contributed by atoms with Crippen LogP contribution in [0.3, 0.4) is 0 Å². The first-order valence-electron chi connectivity index (χ1n) is 6.64. The number of hydrogen-bond donors (Lipinski definition) is 0. The lowest BCUT2D eigenvalue weighted by molar-refractivity contribution is -0.159. The molecule has 3 aliphatic rings. The standard InChI is InChI=1S/C12H18N2O2S2/c1-2-17-18-12-6-4-8-14(12)10(15)9-5-3-7-13(9)11(12)16/h9H,2-8H2,1H3/t9-,12-/m0/s1. The Kier molecular flexibility index (Phi) is 3.26. The van der Waals surface area contributed by atoms with Crippen LogP contribution in [0.2, 0.25) is 0 Å². The molecule has 0 aromatic heterocycles. The molecular formula is C12H18N2O2S2. The molecule has 4 nitrogen and oxygen atoms in total. The van der Waals surface area contributed by atoms with Crippen molar-refractivity contribution in [3.05, 3.63) is 0 Å². The molecule has 6 heteroatoms. The lowest BCUT2D eigenvalue weighted by Crippen LogP contribution is -2.66. The second-order valence-corrected chi connectivity index (χ2v) is 7.89. The quantitative estimate of drug-likeness (QED) is 0.741. The molecular weight excluding hydrogens is 268 g/mol. The van der Waals surface area contributed by atoms with E-state index in [0.29, 0.717) is 0 Å². The smallest absolute Gasteiger partial charge is 0.260 e. The average Bonchev–Trinajstić information content (AvgIpc) is 3.01. The normalized spacial score (nSPS) is 35.1. The number of carbonyl (C=O) groups excluding carboxylic acids is 2. The maximum absolute atomic E-state index is 12.8. The maximum atomic E-state index is 12.8. The summed E-state index contributed by atoms with van der Waals surface area (Å²) in [4.78, 5) is 28.4. The molecule has 0 bridgehead atoms. The Labute approximate surface area is 115 Å². The lowest BCUT2D eigenvalue weighted by Gasteiger charge is -2.46.